The van der Waals surface area contributed by atoms with Crippen molar-refractivity contribution in [3.63, 3.8) is 0 Å². The Kier molecular flexibility index (Phi) is 3.19. The number of nitrogens with one attached hydrogen (secondary N) is 1. The quantitative estimate of drug-likeness (QED) is 0.788. The Morgan fingerprint density at radius 2 is 2.08 bits per heavy atom. The summed E-state index contributed by atoms with van der Waals surface area (Å²) in [6.07, 6.45) is 3.92. The van der Waals surface area contributed by atoms with Crippen molar-refractivity contribution in [2.24, 2.45) is 7.05 Å². The smallest absolute Gasteiger partial charge is 0.321 e. The Morgan fingerprint density at radius 3 is 2.88 bits per heavy atom. The number of pyridine rings is 1. The highest BCUT2D eigenvalue weighted by atomic mass is 16.5. The number of benzene rings is 1. The molecule has 3 heterocycles. The molecule has 3 aromatic rings. The van der Waals surface area contributed by atoms with E-state index in [0.29, 0.717) is 12.4 Å². The van der Waals surface area contributed by atoms with Crippen LogP contribution in [0.15, 0.2) is 36.7 Å². The molecule has 0 bridgehead atoms. The van der Waals surface area contributed by atoms with Gasteiger partial charge in [0.1, 0.15) is 0 Å². The molecule has 0 unspecified atom stereocenters. The maximum Gasteiger partial charge on any atom is 0.321 e. The predicted octanol–water partition coefficient (Wildman–Crippen LogP) is 3.23. The molecular weight excluding hydrogens is 304 g/mol. The van der Waals surface area contributed by atoms with Gasteiger partial charge in [-0.15, -0.1) is 0 Å². The number of methoxy groups -OCH3 is 1. The highest BCUT2D eigenvalue weighted by molar-refractivity contribution is 5.98. The van der Waals surface area contributed by atoms with Gasteiger partial charge in [-0.1, -0.05) is 6.07 Å². The van der Waals surface area contributed by atoms with Gasteiger partial charge < -0.3 is 19.5 Å². The van der Waals surface area contributed by atoms with Crippen LogP contribution in [0.3, 0.4) is 0 Å². The zero-order valence-corrected chi connectivity index (χ0v) is 13.8. The molecule has 1 aliphatic heterocycles. The Hall–Kier alpha value is -3.02. The molecule has 6 heteroatoms. The van der Waals surface area contributed by atoms with Crippen molar-refractivity contribution in [3.05, 3.63) is 42.2 Å². The molecule has 1 aromatic carbocycles. The summed E-state index contributed by atoms with van der Waals surface area (Å²) in [5, 5.41) is 4.00. The molecule has 4 rings (SSSR count). The van der Waals surface area contributed by atoms with Gasteiger partial charge in [0.15, 0.2) is 0 Å². The first-order valence-electron chi connectivity index (χ1n) is 7.71. The Balaban J connectivity index is 1.86. The van der Waals surface area contributed by atoms with Crippen LogP contribution in [0.1, 0.15) is 5.56 Å². The summed E-state index contributed by atoms with van der Waals surface area (Å²) in [7, 11) is 5.42. The molecular formula is C18H18N4O2. The second kappa shape index (κ2) is 5.26. The molecule has 122 valence electrons. The van der Waals surface area contributed by atoms with Crippen molar-refractivity contribution < 1.29 is 9.53 Å². The van der Waals surface area contributed by atoms with Crippen LogP contribution in [0.5, 0.6) is 5.88 Å². The van der Waals surface area contributed by atoms with E-state index in [1.54, 1.807) is 19.1 Å². The van der Waals surface area contributed by atoms with E-state index in [-0.39, 0.29) is 6.03 Å². The molecule has 6 nitrogen and oxygen atoms in total. The van der Waals surface area contributed by atoms with Crippen LogP contribution in [0.4, 0.5) is 10.5 Å². The lowest BCUT2D eigenvalue weighted by Gasteiger charge is -2.26. The van der Waals surface area contributed by atoms with Crippen molar-refractivity contribution in [2.75, 3.05) is 19.5 Å². The first kappa shape index (κ1) is 14.6. The van der Waals surface area contributed by atoms with E-state index in [0.717, 1.165) is 33.3 Å². The molecule has 1 aliphatic rings. The fourth-order valence-corrected chi connectivity index (χ4v) is 3.15. The molecule has 0 aliphatic carbocycles. The van der Waals surface area contributed by atoms with Crippen LogP contribution >= 0.6 is 0 Å². The van der Waals surface area contributed by atoms with Gasteiger partial charge in [-0.25, -0.2) is 9.78 Å². The number of aryl methyl sites for hydroxylation is 1. The zero-order chi connectivity index (χ0) is 16.8. The number of aromatic nitrogens is 2. The summed E-state index contributed by atoms with van der Waals surface area (Å²) in [5.41, 5.74) is 5.26. The van der Waals surface area contributed by atoms with Crippen molar-refractivity contribution >= 4 is 22.6 Å². The van der Waals surface area contributed by atoms with Crippen LogP contribution < -0.4 is 10.1 Å². The second-order valence-corrected chi connectivity index (χ2v) is 6.06. The van der Waals surface area contributed by atoms with Gasteiger partial charge in [0.25, 0.3) is 0 Å². The van der Waals surface area contributed by atoms with E-state index in [9.17, 15) is 4.79 Å². The van der Waals surface area contributed by atoms with E-state index < -0.39 is 0 Å². The first-order chi connectivity index (χ1) is 11.6. The number of carbonyl (C=O) groups is 1. The monoisotopic (exact) mass is 322 g/mol. The largest absolute Gasteiger partial charge is 0.481 e. The number of hydrogen-bond acceptors (Lipinski definition) is 3. The molecule has 2 aromatic heterocycles. The van der Waals surface area contributed by atoms with Gasteiger partial charge in [0, 0.05) is 49.5 Å². The molecule has 0 fully saturated rings. The molecule has 24 heavy (non-hydrogen) atoms. The number of urea groups is 1. The van der Waals surface area contributed by atoms with Gasteiger partial charge in [-0.3, -0.25) is 0 Å². The van der Waals surface area contributed by atoms with Gasteiger partial charge in [-0.2, -0.15) is 0 Å². The third-order valence-corrected chi connectivity index (χ3v) is 4.47. The van der Waals surface area contributed by atoms with E-state index in [4.69, 9.17) is 4.74 Å². The molecule has 0 saturated heterocycles. The van der Waals surface area contributed by atoms with Gasteiger partial charge >= 0.3 is 6.03 Å². The highest BCUT2D eigenvalue weighted by Gasteiger charge is 2.20. The number of nitrogens with zero attached hydrogens (tertiary/aromatic N) is 3. The minimum absolute atomic E-state index is 0.0729. The lowest BCUT2D eigenvalue weighted by molar-refractivity contribution is 0.218. The number of hydrogen-bond donors (Lipinski definition) is 1. The molecule has 0 spiro atoms. The molecule has 1 N–H and O–H groups in total. The van der Waals surface area contributed by atoms with E-state index in [1.165, 1.54) is 0 Å². The zero-order valence-electron chi connectivity index (χ0n) is 13.8. The van der Waals surface area contributed by atoms with Crippen molar-refractivity contribution in [2.45, 2.75) is 6.54 Å². The topological polar surface area (TPSA) is 59.4 Å². The molecule has 0 radical (unpaired) electrons. The molecule has 0 atom stereocenters. The minimum atomic E-state index is -0.0729. The lowest BCUT2D eigenvalue weighted by atomic mass is 10.0. The van der Waals surface area contributed by atoms with E-state index in [2.05, 4.69) is 27.1 Å². The van der Waals surface area contributed by atoms with Crippen LogP contribution in [0.25, 0.3) is 22.0 Å². The Labute approximate surface area is 139 Å². The summed E-state index contributed by atoms with van der Waals surface area (Å²) in [6.45, 7) is 0.602. The summed E-state index contributed by atoms with van der Waals surface area (Å²) >= 11 is 0. The SMILES string of the molecule is COc1cc2c(-c3ccc4c(c3)CN(C)C(=O)N4)cn(C)c2cn1. The molecule has 2 amide bonds. The predicted molar refractivity (Wildman–Crippen MR) is 93.2 cm³/mol. The van der Waals surface area contributed by atoms with Crippen LogP contribution in [-0.2, 0) is 13.6 Å². The number of amides is 2. The first-order valence-corrected chi connectivity index (χ1v) is 7.71. The number of fused-ring (bicyclic) bond motifs is 2. The van der Waals surface area contributed by atoms with Gasteiger partial charge in [0.2, 0.25) is 5.88 Å². The number of carbonyl (C=O) groups excluding carboxylic acids is 1. The Bertz CT molecular complexity index is 961. The van der Waals surface area contributed by atoms with Crippen LogP contribution in [0, 0.1) is 0 Å². The van der Waals surface area contributed by atoms with Gasteiger partial charge in [0.05, 0.1) is 18.8 Å². The third-order valence-electron chi connectivity index (χ3n) is 4.47. The summed E-state index contributed by atoms with van der Waals surface area (Å²) in [6, 6.07) is 8.01. The van der Waals surface area contributed by atoms with Crippen molar-refractivity contribution in [1.82, 2.24) is 14.5 Å². The minimum Gasteiger partial charge on any atom is -0.481 e. The maximum atomic E-state index is 11.8. The average Bonchev–Trinajstić information content (AvgIpc) is 2.92. The maximum absolute atomic E-state index is 11.8. The van der Waals surface area contributed by atoms with E-state index in [1.807, 2.05) is 31.4 Å². The van der Waals surface area contributed by atoms with Gasteiger partial charge in [-0.05, 0) is 23.3 Å². The standard InChI is InChI=1S/C18H18N4O2/c1-21-10-14(13-7-17(24-3)19-8-16(13)21)11-4-5-15-12(6-11)9-22(2)18(23)20-15/h4-8,10H,9H2,1-3H3,(H,20,23). The highest BCUT2D eigenvalue weighted by Crippen LogP contribution is 2.34. The van der Waals surface area contributed by atoms with Crippen molar-refractivity contribution in [3.8, 4) is 17.0 Å². The Morgan fingerprint density at radius 1 is 1.25 bits per heavy atom. The van der Waals surface area contributed by atoms with E-state index >= 15 is 0 Å². The summed E-state index contributed by atoms with van der Waals surface area (Å²) in [5.74, 6) is 0.597. The fourth-order valence-electron chi connectivity index (χ4n) is 3.15. The number of ether oxygens (including phenoxy) is 1. The summed E-state index contributed by atoms with van der Waals surface area (Å²) < 4.78 is 7.32. The molecule has 0 saturated carbocycles. The summed E-state index contributed by atoms with van der Waals surface area (Å²) in [4.78, 5) is 17.7. The normalized spacial score (nSPS) is 13.8. The van der Waals surface area contributed by atoms with Crippen LogP contribution in [0.2, 0.25) is 0 Å². The average molecular weight is 322 g/mol. The second-order valence-electron chi connectivity index (χ2n) is 6.06. The fraction of sp³-hybridized carbons (Fsp3) is 0.222. The lowest BCUT2D eigenvalue weighted by Crippen LogP contribution is -2.35. The number of anilines is 1. The van der Waals surface area contributed by atoms with Crippen LogP contribution in [-0.4, -0.2) is 34.6 Å². The third kappa shape index (κ3) is 2.19. The number of rotatable bonds is 2. The van der Waals surface area contributed by atoms with Crippen molar-refractivity contribution in [1.29, 1.82) is 0 Å².